The number of carbonyl (C=O) groups is 1. The fourth-order valence-corrected chi connectivity index (χ4v) is 4.71. The van der Waals surface area contributed by atoms with Crippen molar-refractivity contribution in [3.8, 4) is 0 Å². The van der Waals surface area contributed by atoms with Gasteiger partial charge in [0.05, 0.1) is 35.5 Å². The summed E-state index contributed by atoms with van der Waals surface area (Å²) in [5, 5.41) is 14.4. The molecule has 1 saturated carbocycles. The highest BCUT2D eigenvalue weighted by Gasteiger charge is 2.35. The molecule has 2 fully saturated rings. The van der Waals surface area contributed by atoms with Gasteiger partial charge in [0, 0.05) is 30.4 Å². The molecule has 2 heterocycles. The van der Waals surface area contributed by atoms with E-state index in [1.165, 1.54) is 0 Å². The van der Waals surface area contributed by atoms with E-state index in [1.807, 2.05) is 30.5 Å². The number of ether oxygens (including phenoxy) is 1. The topological polar surface area (TPSA) is 63.5 Å². The van der Waals surface area contributed by atoms with Crippen molar-refractivity contribution in [1.29, 1.82) is 0 Å². The minimum Gasteiger partial charge on any atom is -0.388 e. The standard InChI is InChI=1S/C22H27ClN2O3/c1-2-15-6-5-9-22(27,10-15)14-24-21(26)17-11-25(16-12-28-13-16)19-8-4-3-7-18(23)20(17)19/h2-4,7,11,15-16,27H,1,5-6,8-10,12-14H2,(H,24,26)/t15-,22-/m0/s1. The smallest absolute Gasteiger partial charge is 0.253 e. The summed E-state index contributed by atoms with van der Waals surface area (Å²) in [6, 6.07) is 0.238. The van der Waals surface area contributed by atoms with E-state index in [9.17, 15) is 9.90 Å². The van der Waals surface area contributed by atoms with Crippen LogP contribution >= 0.6 is 11.6 Å². The highest BCUT2D eigenvalue weighted by atomic mass is 35.5. The van der Waals surface area contributed by atoms with Crippen LogP contribution < -0.4 is 5.32 Å². The lowest BCUT2D eigenvalue weighted by molar-refractivity contribution is -0.0241. The molecule has 1 saturated heterocycles. The van der Waals surface area contributed by atoms with E-state index >= 15 is 0 Å². The van der Waals surface area contributed by atoms with Gasteiger partial charge in [-0.1, -0.05) is 29.8 Å². The Hall–Kier alpha value is -1.82. The van der Waals surface area contributed by atoms with E-state index in [-0.39, 0.29) is 18.5 Å². The molecule has 0 radical (unpaired) electrons. The molecule has 0 bridgehead atoms. The van der Waals surface area contributed by atoms with E-state index in [0.29, 0.717) is 42.6 Å². The second-order valence-electron chi connectivity index (χ2n) is 8.11. The quantitative estimate of drug-likeness (QED) is 0.740. The molecule has 1 aromatic rings. The van der Waals surface area contributed by atoms with Crippen molar-refractivity contribution in [2.45, 2.75) is 43.7 Å². The molecule has 0 unspecified atom stereocenters. The Morgan fingerprint density at radius 1 is 1.50 bits per heavy atom. The van der Waals surface area contributed by atoms with Crippen molar-refractivity contribution in [2.24, 2.45) is 5.92 Å². The summed E-state index contributed by atoms with van der Waals surface area (Å²) in [4.78, 5) is 13.1. The van der Waals surface area contributed by atoms with Crippen LogP contribution in [-0.4, -0.2) is 40.9 Å². The molecule has 2 N–H and O–H groups in total. The maximum absolute atomic E-state index is 13.1. The van der Waals surface area contributed by atoms with E-state index in [4.69, 9.17) is 16.3 Å². The first kappa shape index (κ1) is 19.5. The molecule has 5 nitrogen and oxygen atoms in total. The van der Waals surface area contributed by atoms with Crippen molar-refractivity contribution < 1.29 is 14.6 Å². The first-order chi connectivity index (χ1) is 13.5. The molecule has 4 rings (SSSR count). The predicted molar refractivity (Wildman–Crippen MR) is 110 cm³/mol. The van der Waals surface area contributed by atoms with Crippen LogP contribution in [0.5, 0.6) is 0 Å². The Labute approximate surface area is 170 Å². The number of carbonyl (C=O) groups excluding carboxylic acids is 1. The van der Waals surface area contributed by atoms with Gasteiger partial charge >= 0.3 is 0 Å². The van der Waals surface area contributed by atoms with Crippen LogP contribution in [0.1, 0.15) is 53.3 Å². The van der Waals surface area contributed by atoms with Crippen LogP contribution in [0.25, 0.3) is 5.03 Å². The van der Waals surface area contributed by atoms with Crippen molar-refractivity contribution >= 4 is 22.5 Å². The van der Waals surface area contributed by atoms with Gasteiger partial charge in [0.1, 0.15) is 0 Å². The van der Waals surface area contributed by atoms with E-state index in [2.05, 4.69) is 16.5 Å². The highest BCUT2D eigenvalue weighted by molar-refractivity contribution is 6.49. The Balaban J connectivity index is 1.56. The number of aliphatic hydroxyl groups is 1. The SMILES string of the molecule is C=C[C@H]1CCC[C@@](O)(CNC(=O)c2cn(C3COC3)c3c2C(Cl)=CC=CC3)C1. The Kier molecular flexibility index (Phi) is 5.50. The Morgan fingerprint density at radius 3 is 3.04 bits per heavy atom. The third kappa shape index (κ3) is 3.71. The van der Waals surface area contributed by atoms with Gasteiger partial charge in [0.25, 0.3) is 5.91 Å². The van der Waals surface area contributed by atoms with E-state index < -0.39 is 5.60 Å². The zero-order valence-corrected chi connectivity index (χ0v) is 16.8. The molecule has 3 aliphatic rings. The lowest BCUT2D eigenvalue weighted by atomic mass is 9.78. The summed E-state index contributed by atoms with van der Waals surface area (Å²) in [5.74, 6) is 0.105. The Morgan fingerprint density at radius 2 is 2.32 bits per heavy atom. The van der Waals surface area contributed by atoms with Gasteiger partial charge in [0.15, 0.2) is 0 Å². The van der Waals surface area contributed by atoms with Crippen LogP contribution in [0.2, 0.25) is 0 Å². The second kappa shape index (κ2) is 7.90. The summed E-state index contributed by atoms with van der Waals surface area (Å²) in [6.45, 7) is 5.39. The monoisotopic (exact) mass is 402 g/mol. The molecule has 0 spiro atoms. The number of fused-ring (bicyclic) bond motifs is 1. The third-order valence-corrected chi connectivity index (χ3v) is 6.41. The lowest BCUT2D eigenvalue weighted by Gasteiger charge is -2.35. The minimum absolute atomic E-state index is 0.196. The molecular weight excluding hydrogens is 376 g/mol. The highest BCUT2D eigenvalue weighted by Crippen LogP contribution is 2.35. The van der Waals surface area contributed by atoms with Gasteiger partial charge in [-0.25, -0.2) is 0 Å². The number of allylic oxidation sites excluding steroid dienone is 4. The average molecular weight is 403 g/mol. The third-order valence-electron chi connectivity index (χ3n) is 6.10. The van der Waals surface area contributed by atoms with Crippen LogP contribution in [0.3, 0.4) is 0 Å². The first-order valence-electron chi connectivity index (χ1n) is 9.98. The van der Waals surface area contributed by atoms with Crippen LogP contribution in [0, 0.1) is 5.92 Å². The summed E-state index contributed by atoms with van der Waals surface area (Å²) in [6.07, 6.45) is 13.6. The summed E-state index contributed by atoms with van der Waals surface area (Å²) < 4.78 is 7.47. The van der Waals surface area contributed by atoms with E-state index in [1.54, 1.807) is 0 Å². The van der Waals surface area contributed by atoms with Gasteiger partial charge in [0.2, 0.25) is 0 Å². The van der Waals surface area contributed by atoms with Crippen LogP contribution in [0.4, 0.5) is 0 Å². The molecule has 2 aliphatic carbocycles. The molecule has 6 heteroatoms. The van der Waals surface area contributed by atoms with Gasteiger partial charge in [-0.15, -0.1) is 6.58 Å². The van der Waals surface area contributed by atoms with E-state index in [0.717, 1.165) is 30.5 Å². The number of nitrogens with one attached hydrogen (secondary N) is 1. The lowest BCUT2D eigenvalue weighted by Crippen LogP contribution is -2.46. The van der Waals surface area contributed by atoms with Gasteiger partial charge in [-0.05, 0) is 37.7 Å². The fourth-order valence-electron chi connectivity index (χ4n) is 4.42. The second-order valence-corrected chi connectivity index (χ2v) is 8.52. The maximum Gasteiger partial charge on any atom is 0.253 e. The van der Waals surface area contributed by atoms with Crippen molar-refractivity contribution in [3.05, 3.63) is 53.9 Å². The predicted octanol–water partition coefficient (Wildman–Crippen LogP) is 3.59. The largest absolute Gasteiger partial charge is 0.388 e. The average Bonchev–Trinajstić information content (AvgIpc) is 2.89. The van der Waals surface area contributed by atoms with Gasteiger partial charge in [-0.2, -0.15) is 0 Å². The van der Waals surface area contributed by atoms with Crippen molar-refractivity contribution in [2.75, 3.05) is 19.8 Å². The van der Waals surface area contributed by atoms with Crippen LogP contribution in [-0.2, 0) is 11.2 Å². The number of rotatable bonds is 5. The molecule has 0 aromatic carbocycles. The Bertz CT molecular complexity index is 837. The molecule has 1 aromatic heterocycles. The maximum atomic E-state index is 13.1. The number of hydrogen-bond donors (Lipinski definition) is 2. The zero-order valence-electron chi connectivity index (χ0n) is 16.0. The molecule has 1 aliphatic heterocycles. The number of halogens is 1. The zero-order chi connectivity index (χ0) is 19.7. The molecular formula is C22H27ClN2O3. The van der Waals surface area contributed by atoms with Crippen molar-refractivity contribution in [1.82, 2.24) is 9.88 Å². The number of amides is 1. The summed E-state index contributed by atoms with van der Waals surface area (Å²) in [5.41, 5.74) is 1.51. The molecule has 1 amide bonds. The summed E-state index contributed by atoms with van der Waals surface area (Å²) >= 11 is 6.52. The fraction of sp³-hybridized carbons (Fsp3) is 0.500. The number of nitrogens with zero attached hydrogens (tertiary/aromatic N) is 1. The van der Waals surface area contributed by atoms with Crippen LogP contribution in [0.15, 0.2) is 37.1 Å². The molecule has 28 heavy (non-hydrogen) atoms. The normalized spacial score (nSPS) is 27.4. The first-order valence-corrected chi connectivity index (χ1v) is 10.4. The van der Waals surface area contributed by atoms with Crippen molar-refractivity contribution in [3.63, 3.8) is 0 Å². The number of hydrogen-bond acceptors (Lipinski definition) is 3. The molecule has 150 valence electrons. The summed E-state index contributed by atoms with van der Waals surface area (Å²) in [7, 11) is 0. The number of aromatic nitrogens is 1. The van der Waals surface area contributed by atoms with Gasteiger partial charge < -0.3 is 19.7 Å². The minimum atomic E-state index is -0.880. The van der Waals surface area contributed by atoms with Gasteiger partial charge in [-0.3, -0.25) is 4.79 Å². The molecule has 2 atom stereocenters.